The van der Waals surface area contributed by atoms with Gasteiger partial charge in [0.1, 0.15) is 23.8 Å². The van der Waals surface area contributed by atoms with Crippen molar-refractivity contribution in [3.05, 3.63) is 77.3 Å². The smallest absolute Gasteiger partial charge is 0.407 e. The van der Waals surface area contributed by atoms with E-state index < -0.39 is 6.09 Å². The Morgan fingerprint density at radius 3 is 2.56 bits per heavy atom. The first-order valence-electron chi connectivity index (χ1n) is 11.7. The van der Waals surface area contributed by atoms with Crippen molar-refractivity contribution >= 4 is 39.2 Å². The van der Waals surface area contributed by atoms with E-state index in [1.54, 1.807) is 11.3 Å². The molecule has 36 heavy (non-hydrogen) atoms. The summed E-state index contributed by atoms with van der Waals surface area (Å²) < 4.78 is 14.8. The number of aryl methyl sites for hydroxylation is 1. The third-order valence-electron chi connectivity index (χ3n) is 6.42. The van der Waals surface area contributed by atoms with Crippen molar-refractivity contribution in [3.8, 4) is 11.5 Å². The van der Waals surface area contributed by atoms with Crippen molar-refractivity contribution in [1.29, 1.82) is 0 Å². The molecule has 1 aliphatic rings. The van der Waals surface area contributed by atoms with Crippen molar-refractivity contribution in [3.63, 3.8) is 0 Å². The van der Waals surface area contributed by atoms with E-state index in [0.29, 0.717) is 49.2 Å². The first-order valence-corrected chi connectivity index (χ1v) is 12.6. The summed E-state index contributed by atoms with van der Waals surface area (Å²) in [5.74, 6) is 1.44. The van der Waals surface area contributed by atoms with Gasteiger partial charge in [-0.2, -0.15) is 0 Å². The maximum Gasteiger partial charge on any atom is 0.407 e. The molecule has 186 valence electrons. The van der Waals surface area contributed by atoms with Crippen LogP contribution in [0.1, 0.15) is 22.5 Å². The second-order valence-corrected chi connectivity index (χ2v) is 9.77. The van der Waals surface area contributed by atoms with Crippen LogP contribution >= 0.6 is 11.3 Å². The molecule has 2 aromatic carbocycles. The van der Waals surface area contributed by atoms with Crippen LogP contribution in [-0.2, 0) is 13.7 Å². The number of nitrogens with one attached hydrogen (secondary N) is 1. The number of ether oxygens (including phenoxy) is 2. The normalized spacial score (nSPS) is 15.2. The van der Waals surface area contributed by atoms with E-state index >= 15 is 0 Å². The fraction of sp³-hybridized carbons (Fsp3) is 0.259. The molecule has 4 aromatic rings. The Balaban J connectivity index is 1.16. The molecule has 1 atom stereocenters. The number of likely N-dealkylation sites (tertiary alicyclic amines) is 1. The largest absolute Gasteiger partial charge is 0.493 e. The van der Waals surface area contributed by atoms with Crippen molar-refractivity contribution in [1.82, 2.24) is 9.47 Å². The highest BCUT2D eigenvalue weighted by Gasteiger charge is 2.26. The summed E-state index contributed by atoms with van der Waals surface area (Å²) in [7, 11) is 1.89. The number of carbonyl (C=O) groups excluding carboxylic acids is 1. The van der Waals surface area contributed by atoms with Crippen LogP contribution in [0.5, 0.6) is 11.5 Å². The Bertz CT molecular complexity index is 1380. The molecule has 3 heterocycles. The molecule has 2 aromatic heterocycles. The number of nitrogens with zero attached hydrogens (tertiary/aromatic N) is 2. The minimum atomic E-state index is -0.875. The molecule has 0 saturated carbocycles. The molecule has 0 radical (unpaired) electrons. The lowest BCUT2D eigenvalue weighted by atomic mass is 10.1. The van der Waals surface area contributed by atoms with Crippen molar-refractivity contribution in [2.24, 2.45) is 13.0 Å². The summed E-state index contributed by atoms with van der Waals surface area (Å²) in [4.78, 5) is 25.4. The molecule has 0 bridgehead atoms. The predicted molar refractivity (Wildman–Crippen MR) is 139 cm³/mol. The Kier molecular flexibility index (Phi) is 6.81. The Hall–Kier alpha value is -3.98. The van der Waals surface area contributed by atoms with Crippen molar-refractivity contribution in [2.75, 3.05) is 25.0 Å². The number of fused-ring (bicyclic) bond motifs is 1. The number of benzene rings is 2. The third kappa shape index (κ3) is 5.16. The summed E-state index contributed by atoms with van der Waals surface area (Å²) in [6.45, 7) is 1.85. The van der Waals surface area contributed by atoms with Gasteiger partial charge in [0, 0.05) is 37.3 Å². The molecule has 0 aliphatic carbocycles. The summed E-state index contributed by atoms with van der Waals surface area (Å²) in [6, 6.07) is 18.9. The number of amides is 2. The molecule has 8 nitrogen and oxygen atoms in total. The number of rotatable bonds is 8. The van der Waals surface area contributed by atoms with Gasteiger partial charge in [0.2, 0.25) is 0 Å². The van der Waals surface area contributed by atoms with Gasteiger partial charge in [-0.1, -0.05) is 18.2 Å². The lowest BCUT2D eigenvalue weighted by Crippen LogP contribution is -2.27. The zero-order valence-corrected chi connectivity index (χ0v) is 20.7. The SMILES string of the molecule is Cn1c(C(=O)Nc2ccccc2COc2ccc(OC[C@H]3CCN(C(=O)O)C3)cc2)cc2sccc21. The average molecular weight is 506 g/mol. The van der Waals surface area contributed by atoms with E-state index in [4.69, 9.17) is 14.6 Å². The van der Waals surface area contributed by atoms with Crippen LogP contribution in [0.15, 0.2) is 66.0 Å². The molecule has 1 aliphatic heterocycles. The number of aromatic nitrogens is 1. The molecule has 9 heteroatoms. The zero-order chi connectivity index (χ0) is 25.1. The number of thiophene rings is 1. The third-order valence-corrected chi connectivity index (χ3v) is 7.28. The molecular weight excluding hydrogens is 478 g/mol. The molecule has 5 rings (SSSR count). The van der Waals surface area contributed by atoms with Crippen LogP contribution in [0.3, 0.4) is 0 Å². The lowest BCUT2D eigenvalue weighted by molar-refractivity contribution is 0.101. The van der Waals surface area contributed by atoms with Crippen molar-refractivity contribution in [2.45, 2.75) is 13.0 Å². The molecule has 0 unspecified atom stereocenters. The van der Waals surface area contributed by atoms with Crippen molar-refractivity contribution < 1.29 is 24.2 Å². The first kappa shape index (κ1) is 23.7. The molecule has 2 amide bonds. The molecule has 0 spiro atoms. The average Bonchev–Trinajstić information content (AvgIpc) is 3.61. The quantitative estimate of drug-likeness (QED) is 0.332. The van der Waals surface area contributed by atoms with E-state index in [-0.39, 0.29) is 11.8 Å². The summed E-state index contributed by atoms with van der Waals surface area (Å²) in [5.41, 5.74) is 3.22. The van der Waals surface area contributed by atoms with Gasteiger partial charge in [-0.05, 0) is 54.3 Å². The van der Waals surface area contributed by atoms with Crippen LogP contribution in [0, 0.1) is 5.92 Å². The van der Waals surface area contributed by atoms with Gasteiger partial charge in [0.25, 0.3) is 5.91 Å². The van der Waals surface area contributed by atoms with Gasteiger partial charge < -0.3 is 29.4 Å². The highest BCUT2D eigenvalue weighted by molar-refractivity contribution is 7.17. The summed E-state index contributed by atoms with van der Waals surface area (Å²) >= 11 is 1.61. The standard InChI is InChI=1S/C27H27N3O5S/c1-29-23-11-13-36-25(23)14-24(29)26(31)28-22-5-3-2-4-19(22)17-35-21-8-6-20(7-9-21)34-16-18-10-12-30(15-18)27(32)33/h2-9,11,13-14,18H,10,12,15-17H2,1H3,(H,28,31)(H,32,33)/t18-/m0/s1. The van der Waals surface area contributed by atoms with Crippen LogP contribution < -0.4 is 14.8 Å². The Labute approximate surface area is 212 Å². The summed E-state index contributed by atoms with van der Waals surface area (Å²) in [5, 5.41) is 14.1. The maximum absolute atomic E-state index is 13.0. The van der Waals surface area contributed by atoms with E-state index in [1.807, 2.05) is 77.7 Å². The second-order valence-electron chi connectivity index (χ2n) is 8.82. The van der Waals surface area contributed by atoms with Gasteiger partial charge in [-0.25, -0.2) is 4.79 Å². The fourth-order valence-corrected chi connectivity index (χ4v) is 5.22. The van der Waals surface area contributed by atoms with Gasteiger partial charge in [-0.3, -0.25) is 4.79 Å². The highest BCUT2D eigenvalue weighted by Crippen LogP contribution is 2.26. The number of para-hydroxylation sites is 1. The Morgan fingerprint density at radius 1 is 1.08 bits per heavy atom. The zero-order valence-electron chi connectivity index (χ0n) is 19.8. The van der Waals surface area contributed by atoms with Crippen LogP contribution in [0.25, 0.3) is 10.2 Å². The van der Waals surface area contributed by atoms with Gasteiger partial charge in [-0.15, -0.1) is 11.3 Å². The fourth-order valence-electron chi connectivity index (χ4n) is 4.37. The molecule has 2 N–H and O–H groups in total. The number of carbonyl (C=O) groups is 2. The topological polar surface area (TPSA) is 93.0 Å². The highest BCUT2D eigenvalue weighted by atomic mass is 32.1. The van der Waals surface area contributed by atoms with E-state index in [1.165, 1.54) is 4.90 Å². The van der Waals surface area contributed by atoms with Gasteiger partial charge in [0.05, 0.1) is 16.8 Å². The maximum atomic E-state index is 13.0. The van der Waals surface area contributed by atoms with Gasteiger partial charge in [0.15, 0.2) is 0 Å². The molecule has 1 fully saturated rings. The second kappa shape index (κ2) is 10.3. The van der Waals surface area contributed by atoms with Crippen LogP contribution in [0.2, 0.25) is 0 Å². The number of anilines is 1. The van der Waals surface area contributed by atoms with Crippen LogP contribution in [0.4, 0.5) is 10.5 Å². The number of hydrogen-bond acceptors (Lipinski definition) is 5. The van der Waals surface area contributed by atoms with E-state index in [0.717, 1.165) is 22.2 Å². The molecule has 1 saturated heterocycles. The number of hydrogen-bond donors (Lipinski definition) is 2. The van der Waals surface area contributed by atoms with E-state index in [2.05, 4.69) is 5.32 Å². The monoisotopic (exact) mass is 505 g/mol. The first-order chi connectivity index (χ1) is 17.5. The minimum absolute atomic E-state index is 0.163. The van der Waals surface area contributed by atoms with E-state index in [9.17, 15) is 9.59 Å². The minimum Gasteiger partial charge on any atom is -0.493 e. The van der Waals surface area contributed by atoms with Gasteiger partial charge >= 0.3 is 6.09 Å². The number of carboxylic acid groups (broad SMARTS) is 1. The summed E-state index contributed by atoms with van der Waals surface area (Å²) in [6.07, 6.45) is -0.0637. The predicted octanol–water partition coefficient (Wildman–Crippen LogP) is 5.45. The lowest BCUT2D eigenvalue weighted by Gasteiger charge is -2.14. The van der Waals surface area contributed by atoms with Crippen LogP contribution in [-0.4, -0.2) is 46.3 Å². The molecular formula is C27H27N3O5S. The Morgan fingerprint density at radius 2 is 1.83 bits per heavy atom.